The number of aryl methyl sites for hydroxylation is 1. The van der Waals surface area contributed by atoms with Crippen LogP contribution in [-0.4, -0.2) is 21.6 Å². The molecule has 2 aromatic carbocycles. The lowest BCUT2D eigenvalue weighted by Crippen LogP contribution is -2.40. The second-order valence-corrected chi connectivity index (χ2v) is 8.07. The van der Waals surface area contributed by atoms with Gasteiger partial charge in [0, 0.05) is 11.4 Å². The van der Waals surface area contributed by atoms with E-state index in [1.54, 1.807) is 24.3 Å². The highest BCUT2D eigenvalue weighted by Gasteiger charge is 2.25. The zero-order chi connectivity index (χ0) is 21.3. The number of benzene rings is 2. The summed E-state index contributed by atoms with van der Waals surface area (Å²) in [4.78, 5) is 26.3. The molecule has 5 nitrogen and oxygen atoms in total. The Morgan fingerprint density at radius 2 is 1.83 bits per heavy atom. The van der Waals surface area contributed by atoms with Gasteiger partial charge in [0.25, 0.3) is 11.5 Å². The van der Waals surface area contributed by atoms with Crippen LogP contribution in [0.25, 0.3) is 10.9 Å². The molecule has 1 amide bonds. The Kier molecular flexibility index (Phi) is 5.57. The molecule has 0 saturated heterocycles. The Balaban J connectivity index is 1.82. The molecule has 0 aliphatic heterocycles. The number of aromatic nitrogens is 1. The first kappa shape index (κ1) is 20.1. The summed E-state index contributed by atoms with van der Waals surface area (Å²) in [5.74, 6) is -1.19. The molecule has 1 aromatic heterocycles. The summed E-state index contributed by atoms with van der Waals surface area (Å²) in [6, 6.07) is 11.3. The van der Waals surface area contributed by atoms with Crippen molar-refractivity contribution < 1.29 is 14.3 Å². The van der Waals surface area contributed by atoms with Crippen LogP contribution in [0.1, 0.15) is 53.6 Å². The summed E-state index contributed by atoms with van der Waals surface area (Å²) >= 11 is 0. The number of halogens is 1. The summed E-state index contributed by atoms with van der Waals surface area (Å²) in [6.07, 6.45) is 4.99. The SMILES string of the molecule is Cc1ccc2c(c1)c(O)c(C(=O)NC1CCCCC1)c(=O)n2Cc1ccc(F)cc1. The Bertz CT molecular complexity index is 1150. The van der Waals surface area contributed by atoms with E-state index in [2.05, 4.69) is 5.32 Å². The largest absolute Gasteiger partial charge is 0.506 e. The van der Waals surface area contributed by atoms with Crippen LogP contribution < -0.4 is 10.9 Å². The fraction of sp³-hybridized carbons (Fsp3) is 0.333. The highest BCUT2D eigenvalue weighted by molar-refractivity contribution is 6.02. The van der Waals surface area contributed by atoms with E-state index in [1.165, 1.54) is 16.7 Å². The van der Waals surface area contributed by atoms with Gasteiger partial charge in [-0.1, -0.05) is 43.0 Å². The molecule has 6 heteroatoms. The number of carbonyl (C=O) groups excluding carboxylic acids is 1. The Labute approximate surface area is 174 Å². The Hall–Kier alpha value is -3.15. The van der Waals surface area contributed by atoms with E-state index in [9.17, 15) is 19.1 Å². The van der Waals surface area contributed by atoms with Crippen molar-refractivity contribution in [2.75, 3.05) is 0 Å². The molecule has 30 heavy (non-hydrogen) atoms. The van der Waals surface area contributed by atoms with Crippen LogP contribution in [-0.2, 0) is 6.54 Å². The Morgan fingerprint density at radius 3 is 2.53 bits per heavy atom. The fourth-order valence-electron chi connectivity index (χ4n) is 4.19. The lowest BCUT2D eigenvalue weighted by Gasteiger charge is -2.23. The third kappa shape index (κ3) is 3.95. The third-order valence-electron chi connectivity index (χ3n) is 5.82. The fourth-order valence-corrected chi connectivity index (χ4v) is 4.19. The first-order valence-corrected chi connectivity index (χ1v) is 10.4. The number of nitrogens with one attached hydrogen (secondary N) is 1. The second-order valence-electron chi connectivity index (χ2n) is 8.07. The van der Waals surface area contributed by atoms with E-state index in [4.69, 9.17) is 0 Å². The molecule has 1 aliphatic carbocycles. The van der Waals surface area contributed by atoms with Crippen molar-refractivity contribution in [1.82, 2.24) is 9.88 Å². The van der Waals surface area contributed by atoms with Crippen LogP contribution in [0.3, 0.4) is 0 Å². The van der Waals surface area contributed by atoms with Gasteiger partial charge in [0.15, 0.2) is 0 Å². The molecular weight excluding hydrogens is 383 g/mol. The van der Waals surface area contributed by atoms with Crippen molar-refractivity contribution in [3.8, 4) is 5.75 Å². The maximum Gasteiger partial charge on any atom is 0.268 e. The molecule has 1 heterocycles. The molecular formula is C24H25FN2O3. The van der Waals surface area contributed by atoms with E-state index in [1.807, 2.05) is 13.0 Å². The minimum absolute atomic E-state index is 0.0174. The summed E-state index contributed by atoms with van der Waals surface area (Å²) in [5, 5.41) is 14.2. The van der Waals surface area contributed by atoms with Gasteiger partial charge in [-0.3, -0.25) is 9.59 Å². The Morgan fingerprint density at radius 1 is 1.13 bits per heavy atom. The second kappa shape index (κ2) is 8.30. The first-order valence-electron chi connectivity index (χ1n) is 10.4. The van der Waals surface area contributed by atoms with Gasteiger partial charge in [-0.2, -0.15) is 0 Å². The van der Waals surface area contributed by atoms with Crippen LogP contribution in [0.5, 0.6) is 5.75 Å². The zero-order valence-electron chi connectivity index (χ0n) is 17.0. The standard InChI is InChI=1S/C24H25FN2O3/c1-15-7-12-20-19(13-15)22(28)21(23(29)26-18-5-3-2-4-6-18)24(30)27(20)14-16-8-10-17(25)11-9-16/h7-13,18,28H,2-6,14H2,1H3,(H,26,29). The molecule has 156 valence electrons. The molecule has 0 unspecified atom stereocenters. The molecule has 1 saturated carbocycles. The first-order chi connectivity index (χ1) is 14.4. The van der Waals surface area contributed by atoms with Crippen molar-refractivity contribution in [2.45, 2.75) is 51.6 Å². The van der Waals surface area contributed by atoms with Crippen LogP contribution >= 0.6 is 0 Å². The van der Waals surface area contributed by atoms with Crippen LogP contribution in [0.15, 0.2) is 47.3 Å². The maximum absolute atomic E-state index is 13.3. The van der Waals surface area contributed by atoms with Gasteiger partial charge in [0.05, 0.1) is 12.1 Å². The topological polar surface area (TPSA) is 71.3 Å². The minimum Gasteiger partial charge on any atom is -0.506 e. The molecule has 0 atom stereocenters. The average molecular weight is 408 g/mol. The number of fused-ring (bicyclic) bond motifs is 1. The summed E-state index contributed by atoms with van der Waals surface area (Å²) < 4.78 is 14.8. The molecule has 0 spiro atoms. The van der Waals surface area contributed by atoms with Crippen molar-refractivity contribution in [3.63, 3.8) is 0 Å². The van der Waals surface area contributed by atoms with Gasteiger partial charge in [-0.15, -0.1) is 0 Å². The van der Waals surface area contributed by atoms with Crippen molar-refractivity contribution in [2.24, 2.45) is 0 Å². The monoisotopic (exact) mass is 408 g/mol. The molecule has 1 fully saturated rings. The van der Waals surface area contributed by atoms with Gasteiger partial charge in [0.2, 0.25) is 0 Å². The molecule has 1 aliphatic rings. The van der Waals surface area contributed by atoms with Crippen LogP contribution in [0.4, 0.5) is 4.39 Å². The van der Waals surface area contributed by atoms with Crippen molar-refractivity contribution >= 4 is 16.8 Å². The van der Waals surface area contributed by atoms with Crippen LogP contribution in [0, 0.1) is 12.7 Å². The van der Waals surface area contributed by atoms with Crippen LogP contribution in [0.2, 0.25) is 0 Å². The minimum atomic E-state index is -0.554. The highest BCUT2D eigenvalue weighted by Crippen LogP contribution is 2.28. The quantitative estimate of drug-likeness (QED) is 0.677. The van der Waals surface area contributed by atoms with Gasteiger partial charge in [0.1, 0.15) is 17.1 Å². The molecule has 0 radical (unpaired) electrons. The van der Waals surface area contributed by atoms with Crippen molar-refractivity contribution in [1.29, 1.82) is 0 Å². The molecule has 4 rings (SSSR count). The summed E-state index contributed by atoms with van der Waals surface area (Å²) in [7, 11) is 0. The van der Waals surface area contributed by atoms with E-state index in [0.29, 0.717) is 10.9 Å². The van der Waals surface area contributed by atoms with Gasteiger partial charge < -0.3 is 15.0 Å². The van der Waals surface area contributed by atoms with Gasteiger partial charge in [-0.05, 0) is 49.6 Å². The van der Waals surface area contributed by atoms with Crippen molar-refractivity contribution in [3.05, 3.63) is 75.3 Å². The summed E-state index contributed by atoms with van der Waals surface area (Å²) in [6.45, 7) is 2.05. The molecule has 3 aromatic rings. The number of pyridine rings is 1. The number of amides is 1. The number of rotatable bonds is 4. The lowest BCUT2D eigenvalue weighted by atomic mass is 9.95. The maximum atomic E-state index is 13.3. The van der Waals surface area contributed by atoms with E-state index < -0.39 is 11.5 Å². The summed E-state index contributed by atoms with van der Waals surface area (Å²) in [5.41, 5.74) is 1.37. The predicted octanol–water partition coefficient (Wildman–Crippen LogP) is 4.27. The average Bonchev–Trinajstić information content (AvgIpc) is 2.73. The molecule has 0 bridgehead atoms. The molecule has 2 N–H and O–H groups in total. The van der Waals surface area contributed by atoms with Gasteiger partial charge >= 0.3 is 0 Å². The highest BCUT2D eigenvalue weighted by atomic mass is 19.1. The van der Waals surface area contributed by atoms with Gasteiger partial charge in [-0.25, -0.2) is 4.39 Å². The number of hydrogen-bond acceptors (Lipinski definition) is 3. The smallest absolute Gasteiger partial charge is 0.268 e. The van der Waals surface area contributed by atoms with E-state index in [-0.39, 0.29) is 29.7 Å². The van der Waals surface area contributed by atoms with E-state index >= 15 is 0 Å². The number of aromatic hydroxyl groups is 1. The predicted molar refractivity (Wildman–Crippen MR) is 114 cm³/mol. The number of carbonyl (C=O) groups is 1. The number of nitrogens with zero attached hydrogens (tertiary/aromatic N) is 1. The third-order valence-corrected chi connectivity index (χ3v) is 5.82. The number of hydrogen-bond donors (Lipinski definition) is 2. The zero-order valence-corrected chi connectivity index (χ0v) is 17.0. The normalized spacial score (nSPS) is 14.7. The van der Waals surface area contributed by atoms with E-state index in [0.717, 1.165) is 43.2 Å². The lowest BCUT2D eigenvalue weighted by molar-refractivity contribution is 0.0923.